The molecule has 2 N–H and O–H groups in total. The Kier molecular flexibility index (Phi) is 3.71. The van der Waals surface area contributed by atoms with Gasteiger partial charge < -0.3 is 5.73 Å². The van der Waals surface area contributed by atoms with Crippen LogP contribution in [-0.4, -0.2) is 14.7 Å². The van der Waals surface area contributed by atoms with Crippen LogP contribution in [0.3, 0.4) is 0 Å². The maximum atomic E-state index is 12.7. The molecule has 7 heteroatoms. The Morgan fingerprint density at radius 1 is 0.952 bits per heavy atom. The van der Waals surface area contributed by atoms with E-state index in [0.717, 1.165) is 18.4 Å². The molecule has 21 heavy (non-hydrogen) atoms. The van der Waals surface area contributed by atoms with Crippen LogP contribution in [0.25, 0.3) is 11.1 Å². The van der Waals surface area contributed by atoms with Gasteiger partial charge in [0.05, 0.1) is 10.5 Å². The molecule has 0 amide bonds. The fraction of sp³-hybridized carbons (Fsp3) is 0.143. The van der Waals surface area contributed by atoms with E-state index in [1.165, 1.54) is 30.3 Å². The van der Waals surface area contributed by atoms with E-state index in [4.69, 9.17) is 5.73 Å². The molecule has 0 aliphatic heterocycles. The number of hydrogen-bond donors (Lipinski definition) is 1. The van der Waals surface area contributed by atoms with Gasteiger partial charge in [0.25, 0.3) is 0 Å². The maximum absolute atomic E-state index is 12.7. The van der Waals surface area contributed by atoms with Crippen LogP contribution in [-0.2, 0) is 16.0 Å². The first-order valence-electron chi connectivity index (χ1n) is 5.85. The van der Waals surface area contributed by atoms with Crippen LogP contribution in [0.2, 0.25) is 0 Å². The summed E-state index contributed by atoms with van der Waals surface area (Å²) in [6.07, 6.45) is -3.43. The van der Waals surface area contributed by atoms with Crippen LogP contribution >= 0.6 is 0 Å². The zero-order valence-electron chi connectivity index (χ0n) is 11.0. The summed E-state index contributed by atoms with van der Waals surface area (Å²) in [5.41, 5.74) is 5.38. The lowest BCUT2D eigenvalue weighted by molar-refractivity contribution is -0.137. The highest BCUT2D eigenvalue weighted by atomic mass is 32.2. The lowest BCUT2D eigenvalue weighted by Crippen LogP contribution is -2.06. The summed E-state index contributed by atoms with van der Waals surface area (Å²) in [4.78, 5) is 0.103. The molecule has 0 saturated heterocycles. The van der Waals surface area contributed by atoms with Crippen molar-refractivity contribution in [2.45, 2.75) is 11.1 Å². The van der Waals surface area contributed by atoms with Crippen molar-refractivity contribution in [1.29, 1.82) is 0 Å². The molecule has 2 aromatic carbocycles. The fourth-order valence-electron chi connectivity index (χ4n) is 1.88. The average molecular weight is 315 g/mol. The molecular formula is C14H12F3NO2S. The molecule has 0 aliphatic carbocycles. The van der Waals surface area contributed by atoms with E-state index >= 15 is 0 Å². The normalized spacial score (nSPS) is 12.4. The molecule has 0 heterocycles. The third kappa shape index (κ3) is 3.55. The number of halogens is 3. The minimum Gasteiger partial charge on any atom is -0.399 e. The van der Waals surface area contributed by atoms with Crippen molar-refractivity contribution in [3.05, 3.63) is 48.0 Å². The van der Waals surface area contributed by atoms with E-state index in [-0.39, 0.29) is 16.1 Å². The van der Waals surface area contributed by atoms with E-state index in [2.05, 4.69) is 0 Å². The van der Waals surface area contributed by atoms with Crippen LogP contribution in [0, 0.1) is 0 Å². The largest absolute Gasteiger partial charge is 0.416 e. The first kappa shape index (κ1) is 15.4. The summed E-state index contributed by atoms with van der Waals surface area (Å²) in [5, 5.41) is 0. The molecule has 0 saturated carbocycles. The molecule has 0 aliphatic rings. The average Bonchev–Trinajstić information content (AvgIpc) is 2.36. The SMILES string of the molecule is CS(=O)(=O)c1ccc(-c2cc(N)cc(C(F)(F)F)c2)cc1. The number of nitrogens with two attached hydrogens (primary N) is 1. The Bertz CT molecular complexity index is 766. The number of alkyl halides is 3. The molecule has 2 aromatic rings. The van der Waals surface area contributed by atoms with Crippen molar-refractivity contribution in [2.75, 3.05) is 12.0 Å². The van der Waals surface area contributed by atoms with Crippen molar-refractivity contribution in [3.63, 3.8) is 0 Å². The highest BCUT2D eigenvalue weighted by Gasteiger charge is 2.31. The minimum absolute atomic E-state index is 0.00739. The zero-order chi connectivity index (χ0) is 15.8. The number of nitrogen functional groups attached to an aromatic ring is 1. The Balaban J connectivity index is 2.50. The molecule has 0 unspecified atom stereocenters. The highest BCUT2D eigenvalue weighted by molar-refractivity contribution is 7.90. The zero-order valence-corrected chi connectivity index (χ0v) is 11.8. The third-order valence-electron chi connectivity index (χ3n) is 2.90. The molecule has 0 fully saturated rings. The molecule has 0 aromatic heterocycles. The Hall–Kier alpha value is -2.02. The van der Waals surface area contributed by atoms with Crippen LogP contribution in [0.15, 0.2) is 47.4 Å². The number of sulfone groups is 1. The molecule has 112 valence electrons. The Morgan fingerprint density at radius 2 is 1.52 bits per heavy atom. The predicted molar refractivity (Wildman–Crippen MR) is 74.4 cm³/mol. The summed E-state index contributed by atoms with van der Waals surface area (Å²) < 4.78 is 61.0. The van der Waals surface area contributed by atoms with E-state index in [0.29, 0.717) is 5.56 Å². The summed E-state index contributed by atoms with van der Waals surface area (Å²) in [5.74, 6) is 0. The van der Waals surface area contributed by atoms with Gasteiger partial charge in [0.2, 0.25) is 0 Å². The van der Waals surface area contributed by atoms with Gasteiger partial charge >= 0.3 is 6.18 Å². The van der Waals surface area contributed by atoms with Gasteiger partial charge in [0, 0.05) is 11.9 Å². The van der Waals surface area contributed by atoms with Gasteiger partial charge in [-0.1, -0.05) is 12.1 Å². The first-order chi connectivity index (χ1) is 9.57. The van der Waals surface area contributed by atoms with E-state index in [1.54, 1.807) is 0 Å². The highest BCUT2D eigenvalue weighted by Crippen LogP contribution is 2.34. The molecule has 0 spiro atoms. The van der Waals surface area contributed by atoms with Crippen LogP contribution in [0.1, 0.15) is 5.56 Å². The summed E-state index contributed by atoms with van der Waals surface area (Å²) >= 11 is 0. The monoisotopic (exact) mass is 315 g/mol. The number of hydrogen-bond acceptors (Lipinski definition) is 3. The Labute approximate surface area is 120 Å². The summed E-state index contributed by atoms with van der Waals surface area (Å²) in [7, 11) is -3.35. The van der Waals surface area contributed by atoms with Gasteiger partial charge in [-0.25, -0.2) is 8.42 Å². The summed E-state index contributed by atoms with van der Waals surface area (Å²) in [6.45, 7) is 0. The van der Waals surface area contributed by atoms with Crippen LogP contribution < -0.4 is 5.73 Å². The standard InChI is InChI=1S/C14H12F3NO2S/c1-21(19,20)13-4-2-9(3-5-13)10-6-11(14(15,16)17)8-12(18)7-10/h2-8H,18H2,1H3. The molecule has 3 nitrogen and oxygen atoms in total. The smallest absolute Gasteiger partial charge is 0.399 e. The van der Waals surface area contributed by atoms with Crippen molar-refractivity contribution >= 4 is 15.5 Å². The van der Waals surface area contributed by atoms with E-state index < -0.39 is 21.6 Å². The van der Waals surface area contributed by atoms with Gasteiger partial charge in [-0.2, -0.15) is 13.2 Å². The van der Waals surface area contributed by atoms with Gasteiger partial charge in [-0.15, -0.1) is 0 Å². The topological polar surface area (TPSA) is 60.2 Å². The quantitative estimate of drug-likeness (QED) is 0.865. The molecule has 0 bridgehead atoms. The van der Waals surface area contributed by atoms with Crippen molar-refractivity contribution < 1.29 is 21.6 Å². The van der Waals surface area contributed by atoms with Crippen molar-refractivity contribution in [2.24, 2.45) is 0 Å². The first-order valence-corrected chi connectivity index (χ1v) is 7.75. The third-order valence-corrected chi connectivity index (χ3v) is 4.03. The van der Waals surface area contributed by atoms with Crippen LogP contribution in [0.4, 0.5) is 18.9 Å². The van der Waals surface area contributed by atoms with E-state index in [1.807, 2.05) is 0 Å². The molecular weight excluding hydrogens is 303 g/mol. The van der Waals surface area contributed by atoms with Crippen LogP contribution in [0.5, 0.6) is 0 Å². The second-order valence-electron chi connectivity index (χ2n) is 4.64. The maximum Gasteiger partial charge on any atom is 0.416 e. The molecule has 0 atom stereocenters. The van der Waals surface area contributed by atoms with Gasteiger partial charge in [-0.05, 0) is 41.5 Å². The van der Waals surface area contributed by atoms with Crippen molar-refractivity contribution in [3.8, 4) is 11.1 Å². The lowest BCUT2D eigenvalue weighted by Gasteiger charge is -2.11. The second-order valence-corrected chi connectivity index (χ2v) is 6.65. The van der Waals surface area contributed by atoms with Crippen molar-refractivity contribution in [1.82, 2.24) is 0 Å². The number of benzene rings is 2. The minimum atomic E-state index is -4.49. The molecule has 0 radical (unpaired) electrons. The van der Waals surface area contributed by atoms with Gasteiger partial charge in [-0.3, -0.25) is 0 Å². The summed E-state index contributed by atoms with van der Waals surface area (Å²) in [6, 6.07) is 8.84. The fourth-order valence-corrected chi connectivity index (χ4v) is 2.51. The Morgan fingerprint density at radius 3 is 2.00 bits per heavy atom. The van der Waals surface area contributed by atoms with Gasteiger partial charge in [0.15, 0.2) is 9.84 Å². The predicted octanol–water partition coefficient (Wildman–Crippen LogP) is 3.36. The lowest BCUT2D eigenvalue weighted by atomic mass is 10.0. The molecule has 2 rings (SSSR count). The van der Waals surface area contributed by atoms with Gasteiger partial charge in [0.1, 0.15) is 0 Å². The van der Waals surface area contributed by atoms with E-state index in [9.17, 15) is 21.6 Å². The second kappa shape index (κ2) is 5.07. The number of anilines is 1. The number of rotatable bonds is 2.